The molecule has 0 aromatic heterocycles. The first-order valence-electron chi connectivity index (χ1n) is 9.41. The Kier molecular flexibility index (Phi) is 14.8. The van der Waals surface area contributed by atoms with Gasteiger partial charge in [0.15, 0.2) is 12.6 Å². The molecular weight excluding hydrogens is 375 g/mol. The third kappa shape index (κ3) is 14.0. The van der Waals surface area contributed by atoms with Gasteiger partial charge in [-0.3, -0.25) is 13.6 Å². The van der Waals surface area contributed by atoms with E-state index in [1.807, 2.05) is 13.8 Å². The molecule has 0 heterocycles. The lowest BCUT2D eigenvalue weighted by Crippen LogP contribution is -2.20. The maximum atomic E-state index is 12.9. The number of hydrogen-bond acceptors (Lipinski definition) is 8. The lowest BCUT2D eigenvalue weighted by molar-refractivity contribution is -0.141. The molecule has 2 unspecified atom stereocenters. The molecule has 0 aromatic carbocycles. The Labute approximate surface area is 163 Å². The van der Waals surface area contributed by atoms with Crippen LogP contribution in [0.3, 0.4) is 0 Å². The summed E-state index contributed by atoms with van der Waals surface area (Å²) in [7, 11) is -3.98. The molecule has 0 radical (unpaired) electrons. The fourth-order valence-corrected chi connectivity index (χ4v) is 3.02. The minimum atomic E-state index is -3.98. The number of carbonyl (C=O) groups is 1. The van der Waals surface area contributed by atoms with Crippen LogP contribution >= 0.6 is 7.82 Å². The van der Waals surface area contributed by atoms with E-state index in [1.165, 1.54) is 6.92 Å². The summed E-state index contributed by atoms with van der Waals surface area (Å²) < 4.78 is 44.7. The SMILES string of the molecule is C=C(C)C(=O)OCCOP(=O)(OC(C)OCCCC)OC(C)OCCCC. The number of hydrogen-bond donors (Lipinski definition) is 0. The van der Waals surface area contributed by atoms with Crippen LogP contribution in [-0.2, 0) is 37.1 Å². The van der Waals surface area contributed by atoms with Crippen molar-refractivity contribution >= 4 is 13.8 Å². The van der Waals surface area contributed by atoms with Gasteiger partial charge in [0.2, 0.25) is 0 Å². The number of unbranched alkanes of at least 4 members (excludes halogenated alkanes) is 2. The molecule has 0 N–H and O–H groups in total. The highest BCUT2D eigenvalue weighted by Gasteiger charge is 2.32. The maximum Gasteiger partial charge on any atom is 0.479 e. The molecule has 27 heavy (non-hydrogen) atoms. The second kappa shape index (κ2) is 15.2. The Morgan fingerprint density at radius 2 is 1.41 bits per heavy atom. The highest BCUT2D eigenvalue weighted by atomic mass is 31.2. The highest BCUT2D eigenvalue weighted by molar-refractivity contribution is 7.48. The third-order valence-corrected chi connectivity index (χ3v) is 4.78. The van der Waals surface area contributed by atoms with Crippen molar-refractivity contribution in [3.63, 3.8) is 0 Å². The molecule has 0 aliphatic rings. The van der Waals surface area contributed by atoms with Crippen molar-refractivity contribution in [2.75, 3.05) is 26.4 Å². The molecule has 0 spiro atoms. The summed E-state index contributed by atoms with van der Waals surface area (Å²) in [5.41, 5.74) is 0.265. The Bertz CT molecular complexity index is 446. The van der Waals surface area contributed by atoms with Gasteiger partial charge in [-0.15, -0.1) is 0 Å². The van der Waals surface area contributed by atoms with E-state index in [0.29, 0.717) is 13.2 Å². The lowest BCUT2D eigenvalue weighted by atomic mass is 10.4. The topological polar surface area (TPSA) is 89.5 Å². The molecule has 0 bridgehead atoms. The van der Waals surface area contributed by atoms with Gasteiger partial charge < -0.3 is 14.2 Å². The van der Waals surface area contributed by atoms with Crippen LogP contribution in [0.1, 0.15) is 60.3 Å². The third-order valence-electron chi connectivity index (χ3n) is 3.17. The Morgan fingerprint density at radius 1 is 0.926 bits per heavy atom. The molecule has 0 aromatic rings. The molecule has 0 aliphatic heterocycles. The van der Waals surface area contributed by atoms with Crippen molar-refractivity contribution in [1.82, 2.24) is 0 Å². The molecule has 160 valence electrons. The number of ether oxygens (including phenoxy) is 3. The second-order valence-electron chi connectivity index (χ2n) is 5.99. The van der Waals surface area contributed by atoms with Crippen LogP contribution in [0, 0.1) is 0 Å². The van der Waals surface area contributed by atoms with Crippen molar-refractivity contribution in [2.24, 2.45) is 0 Å². The van der Waals surface area contributed by atoms with Crippen LogP contribution in [0.25, 0.3) is 0 Å². The summed E-state index contributed by atoms with van der Waals surface area (Å²) in [4.78, 5) is 11.4. The van der Waals surface area contributed by atoms with Crippen LogP contribution in [0.5, 0.6) is 0 Å². The minimum absolute atomic E-state index is 0.113. The molecule has 9 heteroatoms. The van der Waals surface area contributed by atoms with Gasteiger partial charge >= 0.3 is 13.8 Å². The number of phosphoric ester groups is 1. The van der Waals surface area contributed by atoms with Crippen LogP contribution < -0.4 is 0 Å². The van der Waals surface area contributed by atoms with E-state index >= 15 is 0 Å². The van der Waals surface area contributed by atoms with Crippen molar-refractivity contribution in [1.29, 1.82) is 0 Å². The highest BCUT2D eigenvalue weighted by Crippen LogP contribution is 2.51. The van der Waals surface area contributed by atoms with Crippen LogP contribution in [0.2, 0.25) is 0 Å². The first-order valence-corrected chi connectivity index (χ1v) is 10.9. The zero-order valence-electron chi connectivity index (χ0n) is 17.2. The van der Waals surface area contributed by atoms with Gasteiger partial charge in [0.25, 0.3) is 0 Å². The largest absolute Gasteiger partial charge is 0.479 e. The summed E-state index contributed by atoms with van der Waals surface area (Å²) in [5, 5.41) is 0. The Balaban J connectivity index is 4.64. The first kappa shape index (κ1) is 26.2. The smallest absolute Gasteiger partial charge is 0.460 e. The van der Waals surface area contributed by atoms with Crippen molar-refractivity contribution in [3.8, 4) is 0 Å². The Hall–Kier alpha value is -0.760. The zero-order chi connectivity index (χ0) is 20.7. The summed E-state index contributed by atoms with van der Waals surface area (Å²) in [5.74, 6) is -0.553. The van der Waals surface area contributed by atoms with E-state index in [2.05, 4.69) is 6.58 Å². The molecule has 0 amide bonds. The van der Waals surface area contributed by atoms with E-state index in [-0.39, 0.29) is 18.8 Å². The van der Waals surface area contributed by atoms with Crippen LogP contribution in [0.15, 0.2) is 12.2 Å². The van der Waals surface area contributed by atoms with Crippen molar-refractivity contribution in [2.45, 2.75) is 72.9 Å². The van der Waals surface area contributed by atoms with E-state index in [9.17, 15) is 9.36 Å². The average molecular weight is 410 g/mol. The standard InChI is InChI=1S/C18H35O8P/c1-7-9-11-21-16(5)25-27(20,26-17(6)22-12-10-8-2)24-14-13-23-18(19)15(3)4/h16-17H,3,7-14H2,1-2,4-6H3. The van der Waals surface area contributed by atoms with E-state index in [0.717, 1.165) is 25.7 Å². The molecular formula is C18H35O8P. The quantitative estimate of drug-likeness (QED) is 0.113. The molecule has 0 fully saturated rings. The predicted octanol–water partition coefficient (Wildman–Crippen LogP) is 4.59. The fraction of sp³-hybridized carbons (Fsp3) is 0.833. The average Bonchev–Trinajstić information content (AvgIpc) is 2.58. The zero-order valence-corrected chi connectivity index (χ0v) is 18.1. The Morgan fingerprint density at radius 3 is 1.81 bits per heavy atom. The molecule has 0 saturated heterocycles. The fourth-order valence-electron chi connectivity index (χ4n) is 1.70. The number of carbonyl (C=O) groups excluding carboxylic acids is 1. The van der Waals surface area contributed by atoms with Gasteiger partial charge in [-0.1, -0.05) is 33.3 Å². The number of phosphoric acid groups is 1. The summed E-state index contributed by atoms with van der Waals surface area (Å²) in [6.07, 6.45) is 2.06. The lowest BCUT2D eigenvalue weighted by Gasteiger charge is -2.24. The molecule has 8 nitrogen and oxygen atoms in total. The van der Waals surface area contributed by atoms with E-state index in [4.69, 9.17) is 27.8 Å². The molecule has 2 atom stereocenters. The van der Waals surface area contributed by atoms with Gasteiger partial charge in [-0.2, -0.15) is 0 Å². The minimum Gasteiger partial charge on any atom is -0.460 e. The van der Waals surface area contributed by atoms with Gasteiger partial charge in [-0.05, 0) is 33.6 Å². The van der Waals surface area contributed by atoms with Gasteiger partial charge in [-0.25, -0.2) is 9.36 Å². The second-order valence-corrected chi connectivity index (χ2v) is 7.57. The molecule has 0 saturated carbocycles. The van der Waals surface area contributed by atoms with E-state index < -0.39 is 26.4 Å². The normalized spacial score (nSPS) is 15.7. The monoisotopic (exact) mass is 410 g/mol. The van der Waals surface area contributed by atoms with Gasteiger partial charge in [0.1, 0.15) is 6.61 Å². The van der Waals surface area contributed by atoms with Crippen molar-refractivity contribution in [3.05, 3.63) is 12.2 Å². The first-order chi connectivity index (χ1) is 12.7. The molecule has 0 aliphatic carbocycles. The summed E-state index contributed by atoms with van der Waals surface area (Å²) in [6, 6.07) is 0. The summed E-state index contributed by atoms with van der Waals surface area (Å²) in [6.45, 7) is 13.0. The van der Waals surface area contributed by atoms with Gasteiger partial charge in [0.05, 0.1) is 6.61 Å². The van der Waals surface area contributed by atoms with Crippen molar-refractivity contribution < 1.29 is 37.1 Å². The summed E-state index contributed by atoms with van der Waals surface area (Å²) >= 11 is 0. The number of esters is 1. The van der Waals surface area contributed by atoms with Crippen LogP contribution in [0.4, 0.5) is 0 Å². The predicted molar refractivity (Wildman–Crippen MR) is 102 cm³/mol. The van der Waals surface area contributed by atoms with Gasteiger partial charge in [0, 0.05) is 18.8 Å². The number of rotatable bonds is 17. The van der Waals surface area contributed by atoms with E-state index in [1.54, 1.807) is 13.8 Å². The van der Waals surface area contributed by atoms with Crippen LogP contribution in [-0.4, -0.2) is 45.0 Å². The molecule has 0 rings (SSSR count). The maximum absolute atomic E-state index is 12.9.